The van der Waals surface area contributed by atoms with Crippen LogP contribution in [0.25, 0.3) is 5.65 Å². The summed E-state index contributed by atoms with van der Waals surface area (Å²) in [5, 5.41) is 1.89. The minimum absolute atomic E-state index is 0.0443. The number of rotatable bonds is 2. The second-order valence-corrected chi connectivity index (χ2v) is 6.27. The van der Waals surface area contributed by atoms with E-state index in [1.54, 1.807) is 0 Å². The van der Waals surface area contributed by atoms with Crippen molar-refractivity contribution in [2.75, 3.05) is 5.32 Å². The molecule has 3 rings (SSSR count). The largest absolute Gasteiger partial charge is 0.418 e. The van der Waals surface area contributed by atoms with Crippen molar-refractivity contribution in [1.29, 1.82) is 0 Å². The third-order valence-electron chi connectivity index (χ3n) is 3.87. The highest BCUT2D eigenvalue weighted by atomic mass is 35.5. The lowest BCUT2D eigenvalue weighted by Gasteiger charge is -2.14. The fourth-order valence-electron chi connectivity index (χ4n) is 2.65. The standard InChI is InChI=1S/C17H10ClF6N3O/c1-8-14(27-7-9(16(19,20)21)2-5-13(27)25-8)15(28)26-12-4-3-10(18)6-11(12)17(22,23)24/h2-7H,1H3,(H,26,28). The predicted molar refractivity (Wildman–Crippen MR) is 89.3 cm³/mol. The second-order valence-electron chi connectivity index (χ2n) is 5.83. The van der Waals surface area contributed by atoms with E-state index < -0.39 is 35.1 Å². The highest BCUT2D eigenvalue weighted by Crippen LogP contribution is 2.37. The minimum atomic E-state index is -4.80. The highest BCUT2D eigenvalue weighted by Gasteiger charge is 2.35. The Bertz CT molecular complexity index is 1070. The number of benzene rings is 1. The van der Waals surface area contributed by atoms with Crippen LogP contribution in [0.1, 0.15) is 27.3 Å². The Morgan fingerprint density at radius 3 is 2.36 bits per heavy atom. The molecule has 0 spiro atoms. The Kier molecular flexibility index (Phi) is 4.78. The number of aromatic nitrogens is 2. The Morgan fingerprint density at radius 1 is 1.07 bits per heavy atom. The number of alkyl halides is 6. The van der Waals surface area contributed by atoms with E-state index in [1.807, 2.05) is 0 Å². The van der Waals surface area contributed by atoms with Crippen molar-refractivity contribution >= 4 is 28.8 Å². The molecule has 0 unspecified atom stereocenters. The molecule has 0 bridgehead atoms. The van der Waals surface area contributed by atoms with Gasteiger partial charge in [-0.2, -0.15) is 26.3 Å². The lowest BCUT2D eigenvalue weighted by molar-refractivity contribution is -0.138. The van der Waals surface area contributed by atoms with Crippen LogP contribution in [0, 0.1) is 6.92 Å². The molecule has 2 heterocycles. The quantitative estimate of drug-likeness (QED) is 0.549. The van der Waals surface area contributed by atoms with Crippen molar-refractivity contribution in [3.63, 3.8) is 0 Å². The maximum Gasteiger partial charge on any atom is 0.418 e. The van der Waals surface area contributed by atoms with Gasteiger partial charge in [-0.25, -0.2) is 4.98 Å². The zero-order chi connectivity index (χ0) is 20.9. The van der Waals surface area contributed by atoms with Crippen LogP contribution in [0.5, 0.6) is 0 Å². The van der Waals surface area contributed by atoms with Crippen molar-refractivity contribution in [1.82, 2.24) is 9.38 Å². The molecule has 11 heteroatoms. The summed E-state index contributed by atoms with van der Waals surface area (Å²) in [5.74, 6) is -1.04. The van der Waals surface area contributed by atoms with Crippen LogP contribution >= 0.6 is 11.6 Å². The Hall–Kier alpha value is -2.75. The number of nitrogens with zero attached hydrogens (tertiary/aromatic N) is 2. The van der Waals surface area contributed by atoms with Gasteiger partial charge in [-0.15, -0.1) is 0 Å². The summed E-state index contributed by atoms with van der Waals surface area (Å²) in [6.45, 7) is 1.36. The Labute approximate surface area is 158 Å². The molecule has 148 valence electrons. The number of halogens is 7. The van der Waals surface area contributed by atoms with Crippen LogP contribution in [-0.4, -0.2) is 15.3 Å². The van der Waals surface area contributed by atoms with E-state index in [1.165, 1.54) is 6.92 Å². The van der Waals surface area contributed by atoms with Crippen LogP contribution in [0.2, 0.25) is 5.02 Å². The summed E-state index contributed by atoms with van der Waals surface area (Å²) in [5.41, 5.74) is -3.01. The van der Waals surface area contributed by atoms with Crippen molar-refractivity contribution in [3.05, 3.63) is 64.1 Å². The maximum atomic E-state index is 13.2. The minimum Gasteiger partial charge on any atom is -0.320 e. The number of imidazole rings is 1. The van der Waals surface area contributed by atoms with E-state index in [4.69, 9.17) is 11.6 Å². The first kappa shape index (κ1) is 20.0. The van der Waals surface area contributed by atoms with E-state index in [0.29, 0.717) is 12.3 Å². The van der Waals surface area contributed by atoms with Gasteiger partial charge in [0, 0.05) is 11.2 Å². The van der Waals surface area contributed by atoms with Gasteiger partial charge < -0.3 is 5.32 Å². The number of carbonyl (C=O) groups is 1. The first-order valence-electron chi connectivity index (χ1n) is 7.62. The molecule has 1 amide bonds. The van der Waals surface area contributed by atoms with E-state index in [0.717, 1.165) is 28.7 Å². The fourth-order valence-corrected chi connectivity index (χ4v) is 2.82. The van der Waals surface area contributed by atoms with Crippen LogP contribution in [0.3, 0.4) is 0 Å². The molecular weight excluding hydrogens is 412 g/mol. The Balaban J connectivity index is 2.07. The molecule has 0 aliphatic rings. The molecule has 0 aliphatic heterocycles. The maximum absolute atomic E-state index is 13.2. The molecule has 2 aromatic heterocycles. The predicted octanol–water partition coefficient (Wildman–Crippen LogP) is 5.59. The van der Waals surface area contributed by atoms with E-state index >= 15 is 0 Å². The number of pyridine rings is 1. The van der Waals surface area contributed by atoms with E-state index in [2.05, 4.69) is 10.3 Å². The fraction of sp³-hybridized carbons (Fsp3) is 0.176. The van der Waals surface area contributed by atoms with E-state index in [-0.39, 0.29) is 22.1 Å². The number of hydrogen-bond acceptors (Lipinski definition) is 2. The summed E-state index contributed by atoms with van der Waals surface area (Å²) in [6.07, 6.45) is -8.80. The third-order valence-corrected chi connectivity index (χ3v) is 4.11. The number of amides is 1. The second kappa shape index (κ2) is 6.69. The summed E-state index contributed by atoms with van der Waals surface area (Å²) in [6, 6.07) is 4.61. The van der Waals surface area contributed by atoms with E-state index in [9.17, 15) is 31.1 Å². The molecule has 0 fully saturated rings. The molecule has 0 radical (unpaired) electrons. The van der Waals surface area contributed by atoms with Gasteiger partial charge in [0.25, 0.3) is 5.91 Å². The lowest BCUT2D eigenvalue weighted by atomic mass is 10.1. The van der Waals surface area contributed by atoms with Gasteiger partial charge in [0.2, 0.25) is 0 Å². The van der Waals surface area contributed by atoms with Crippen molar-refractivity contribution in [3.8, 4) is 0 Å². The molecule has 4 nitrogen and oxygen atoms in total. The summed E-state index contributed by atoms with van der Waals surface area (Å²) >= 11 is 5.59. The molecule has 3 aromatic rings. The molecule has 0 saturated heterocycles. The zero-order valence-corrected chi connectivity index (χ0v) is 14.7. The molecule has 1 aromatic carbocycles. The highest BCUT2D eigenvalue weighted by molar-refractivity contribution is 6.30. The SMILES string of the molecule is Cc1nc2ccc(C(F)(F)F)cn2c1C(=O)Nc1ccc(Cl)cc1C(F)(F)F. The lowest BCUT2D eigenvalue weighted by Crippen LogP contribution is -2.19. The first-order chi connectivity index (χ1) is 12.9. The van der Waals surface area contributed by atoms with Gasteiger partial charge in [0.1, 0.15) is 11.3 Å². The van der Waals surface area contributed by atoms with Gasteiger partial charge in [0.05, 0.1) is 22.5 Å². The number of carbonyl (C=O) groups excluding carboxylic acids is 1. The molecule has 0 atom stereocenters. The van der Waals surface area contributed by atoms with Crippen LogP contribution in [-0.2, 0) is 12.4 Å². The average Bonchev–Trinajstić information content (AvgIpc) is 2.89. The van der Waals surface area contributed by atoms with Gasteiger partial charge in [-0.3, -0.25) is 9.20 Å². The van der Waals surface area contributed by atoms with Gasteiger partial charge in [-0.05, 0) is 37.3 Å². The molecule has 1 N–H and O–H groups in total. The summed E-state index contributed by atoms with van der Waals surface area (Å²) in [7, 11) is 0. The molecule has 0 saturated carbocycles. The number of fused-ring (bicyclic) bond motifs is 1. The summed E-state index contributed by atoms with van der Waals surface area (Å²) in [4.78, 5) is 16.6. The van der Waals surface area contributed by atoms with Gasteiger partial charge >= 0.3 is 12.4 Å². The van der Waals surface area contributed by atoms with Crippen LogP contribution in [0.4, 0.5) is 32.0 Å². The summed E-state index contributed by atoms with van der Waals surface area (Å²) < 4.78 is 79.3. The number of anilines is 1. The smallest absolute Gasteiger partial charge is 0.320 e. The van der Waals surface area contributed by atoms with Gasteiger partial charge in [0.15, 0.2) is 0 Å². The third kappa shape index (κ3) is 3.77. The number of aryl methyl sites for hydroxylation is 1. The number of nitrogens with one attached hydrogen (secondary N) is 1. The van der Waals surface area contributed by atoms with Crippen molar-refractivity contribution in [2.45, 2.75) is 19.3 Å². The number of hydrogen-bond donors (Lipinski definition) is 1. The Morgan fingerprint density at radius 2 is 1.75 bits per heavy atom. The first-order valence-corrected chi connectivity index (χ1v) is 7.99. The zero-order valence-electron chi connectivity index (χ0n) is 13.9. The van der Waals surface area contributed by atoms with Crippen molar-refractivity contribution in [2.24, 2.45) is 0 Å². The topological polar surface area (TPSA) is 46.4 Å². The molecule has 28 heavy (non-hydrogen) atoms. The van der Waals surface area contributed by atoms with Crippen LogP contribution < -0.4 is 5.32 Å². The molecular formula is C17H10ClF6N3O. The van der Waals surface area contributed by atoms with Crippen LogP contribution in [0.15, 0.2) is 36.5 Å². The molecule has 0 aliphatic carbocycles. The average molecular weight is 422 g/mol. The van der Waals surface area contributed by atoms with Crippen molar-refractivity contribution < 1.29 is 31.1 Å². The monoisotopic (exact) mass is 421 g/mol. The normalized spacial score (nSPS) is 12.4. The van der Waals surface area contributed by atoms with Gasteiger partial charge in [-0.1, -0.05) is 11.6 Å².